The third-order valence-electron chi connectivity index (χ3n) is 2.41. The van der Waals surface area contributed by atoms with Gasteiger partial charge < -0.3 is 4.42 Å². The quantitative estimate of drug-likeness (QED) is 0.832. The summed E-state index contributed by atoms with van der Waals surface area (Å²) in [6.07, 6.45) is 4.19. The Balaban J connectivity index is 2.06. The molecule has 2 heterocycles. The van der Waals surface area contributed by atoms with E-state index >= 15 is 0 Å². The van der Waals surface area contributed by atoms with Crippen LogP contribution in [0.5, 0.6) is 0 Å². The normalized spacial score (nSPS) is 17.5. The fourth-order valence-electron chi connectivity index (χ4n) is 1.56. The van der Waals surface area contributed by atoms with Crippen molar-refractivity contribution in [2.75, 3.05) is 13.1 Å². The van der Waals surface area contributed by atoms with Crippen molar-refractivity contribution in [2.45, 2.75) is 12.8 Å². The maximum Gasteiger partial charge on any atom is 0.304 e. The van der Waals surface area contributed by atoms with E-state index in [1.54, 1.807) is 0 Å². The van der Waals surface area contributed by atoms with Gasteiger partial charge in [-0.25, -0.2) is 4.72 Å². The highest BCUT2D eigenvalue weighted by atomic mass is 32.2. The van der Waals surface area contributed by atoms with Crippen LogP contribution in [-0.2, 0) is 10.2 Å². The fourth-order valence-corrected chi connectivity index (χ4v) is 2.78. The van der Waals surface area contributed by atoms with E-state index in [0.29, 0.717) is 13.1 Å². The number of hydrogen-bond donors (Lipinski definition) is 1. The Kier molecular flexibility index (Phi) is 2.97. The van der Waals surface area contributed by atoms with E-state index in [1.165, 1.54) is 22.9 Å². The Morgan fingerprint density at radius 3 is 2.62 bits per heavy atom. The standard InChI is InChI=1S/C9H12N2O4S/c12-9(8-3-6-15-7-8)10-16(13,14)11-4-1-2-5-11/h3,6-7H,1-2,4-5H2,(H,10,12). The summed E-state index contributed by atoms with van der Waals surface area (Å²) in [5.74, 6) is -0.666. The van der Waals surface area contributed by atoms with Gasteiger partial charge in [-0.1, -0.05) is 0 Å². The summed E-state index contributed by atoms with van der Waals surface area (Å²) in [4.78, 5) is 11.5. The third-order valence-corrected chi connectivity index (χ3v) is 3.90. The molecule has 1 aliphatic heterocycles. The van der Waals surface area contributed by atoms with E-state index in [9.17, 15) is 13.2 Å². The van der Waals surface area contributed by atoms with Gasteiger partial charge in [-0.2, -0.15) is 12.7 Å². The topological polar surface area (TPSA) is 79.6 Å². The molecule has 0 aromatic carbocycles. The summed E-state index contributed by atoms with van der Waals surface area (Å²) >= 11 is 0. The van der Waals surface area contributed by atoms with E-state index in [2.05, 4.69) is 0 Å². The van der Waals surface area contributed by atoms with Crippen molar-refractivity contribution in [3.63, 3.8) is 0 Å². The van der Waals surface area contributed by atoms with Crippen LogP contribution in [0.2, 0.25) is 0 Å². The number of rotatable bonds is 3. The molecule has 6 nitrogen and oxygen atoms in total. The molecule has 1 fully saturated rings. The lowest BCUT2D eigenvalue weighted by Gasteiger charge is -2.15. The average Bonchev–Trinajstić information content (AvgIpc) is 2.91. The number of carbonyl (C=O) groups is 1. The highest BCUT2D eigenvalue weighted by Gasteiger charge is 2.27. The predicted octanol–water partition coefficient (Wildman–Crippen LogP) is 0.350. The maximum absolute atomic E-state index is 11.7. The van der Waals surface area contributed by atoms with E-state index in [0.717, 1.165) is 12.8 Å². The van der Waals surface area contributed by atoms with Gasteiger partial charge in [-0.05, 0) is 18.9 Å². The molecule has 7 heteroatoms. The zero-order chi connectivity index (χ0) is 11.6. The smallest absolute Gasteiger partial charge is 0.304 e. The number of nitrogens with one attached hydrogen (secondary N) is 1. The van der Waals surface area contributed by atoms with Crippen LogP contribution < -0.4 is 4.72 Å². The summed E-state index contributed by atoms with van der Waals surface area (Å²) in [6, 6.07) is 1.41. The molecule has 0 bridgehead atoms. The SMILES string of the molecule is O=C(NS(=O)(=O)N1CCCC1)c1ccoc1. The Bertz CT molecular complexity index is 460. The highest BCUT2D eigenvalue weighted by molar-refractivity contribution is 7.87. The predicted molar refractivity (Wildman–Crippen MR) is 55.9 cm³/mol. The molecule has 1 saturated heterocycles. The zero-order valence-corrected chi connectivity index (χ0v) is 9.37. The molecule has 0 radical (unpaired) electrons. The number of amides is 1. The van der Waals surface area contributed by atoms with Crippen molar-refractivity contribution < 1.29 is 17.6 Å². The Morgan fingerprint density at radius 2 is 2.06 bits per heavy atom. The van der Waals surface area contributed by atoms with Crippen molar-refractivity contribution in [3.8, 4) is 0 Å². The molecule has 2 rings (SSSR count). The van der Waals surface area contributed by atoms with Gasteiger partial charge in [-0.15, -0.1) is 0 Å². The van der Waals surface area contributed by atoms with Crippen LogP contribution in [0, 0.1) is 0 Å². The van der Waals surface area contributed by atoms with E-state index in [4.69, 9.17) is 4.42 Å². The summed E-state index contributed by atoms with van der Waals surface area (Å²) in [6.45, 7) is 0.933. The first-order chi connectivity index (χ1) is 7.59. The van der Waals surface area contributed by atoms with E-state index < -0.39 is 16.1 Å². The van der Waals surface area contributed by atoms with Gasteiger partial charge >= 0.3 is 10.2 Å². The molecule has 0 unspecified atom stereocenters. The molecule has 1 amide bonds. The first-order valence-electron chi connectivity index (χ1n) is 4.94. The number of nitrogens with zero attached hydrogens (tertiary/aromatic N) is 1. The fraction of sp³-hybridized carbons (Fsp3) is 0.444. The summed E-state index contributed by atoms with van der Waals surface area (Å²) in [7, 11) is -3.69. The second-order valence-corrected chi connectivity index (χ2v) is 5.23. The van der Waals surface area contributed by atoms with Crippen molar-refractivity contribution in [1.29, 1.82) is 0 Å². The summed E-state index contributed by atoms with van der Waals surface area (Å²) < 4.78 is 31.4. The van der Waals surface area contributed by atoms with Gasteiger partial charge in [0.15, 0.2) is 0 Å². The van der Waals surface area contributed by atoms with Gasteiger partial charge in [-0.3, -0.25) is 4.79 Å². The molecule has 0 spiro atoms. The first-order valence-corrected chi connectivity index (χ1v) is 6.38. The monoisotopic (exact) mass is 244 g/mol. The van der Waals surface area contributed by atoms with Gasteiger partial charge in [0, 0.05) is 13.1 Å². The molecule has 88 valence electrons. The van der Waals surface area contributed by atoms with Gasteiger partial charge in [0.25, 0.3) is 5.91 Å². The van der Waals surface area contributed by atoms with Crippen LogP contribution in [0.15, 0.2) is 23.0 Å². The molecular weight excluding hydrogens is 232 g/mol. The van der Waals surface area contributed by atoms with Gasteiger partial charge in [0.05, 0.1) is 11.8 Å². The lowest BCUT2D eigenvalue weighted by Crippen LogP contribution is -2.41. The van der Waals surface area contributed by atoms with E-state index in [-0.39, 0.29) is 5.56 Å². The van der Waals surface area contributed by atoms with Crippen molar-refractivity contribution in [2.24, 2.45) is 0 Å². The number of hydrogen-bond acceptors (Lipinski definition) is 4. The average molecular weight is 244 g/mol. The van der Waals surface area contributed by atoms with Gasteiger partial charge in [0.2, 0.25) is 0 Å². The Hall–Kier alpha value is -1.34. The molecule has 1 aromatic heterocycles. The van der Waals surface area contributed by atoms with Crippen molar-refractivity contribution >= 4 is 16.1 Å². The first kappa shape index (κ1) is 11.2. The Labute approximate surface area is 93.4 Å². The third kappa shape index (κ3) is 2.25. The second kappa shape index (κ2) is 4.26. The van der Waals surface area contributed by atoms with Gasteiger partial charge in [0.1, 0.15) is 6.26 Å². The minimum absolute atomic E-state index is 0.197. The van der Waals surface area contributed by atoms with Crippen LogP contribution in [0.1, 0.15) is 23.2 Å². The molecule has 16 heavy (non-hydrogen) atoms. The maximum atomic E-state index is 11.7. The van der Waals surface area contributed by atoms with Crippen LogP contribution in [-0.4, -0.2) is 31.7 Å². The zero-order valence-electron chi connectivity index (χ0n) is 8.55. The number of furan rings is 1. The summed E-state index contributed by atoms with van der Waals surface area (Å²) in [5.41, 5.74) is 0.197. The molecule has 0 atom stereocenters. The van der Waals surface area contributed by atoms with Crippen molar-refractivity contribution in [1.82, 2.24) is 9.03 Å². The minimum atomic E-state index is -3.69. The van der Waals surface area contributed by atoms with Crippen LogP contribution >= 0.6 is 0 Å². The van der Waals surface area contributed by atoms with Crippen LogP contribution in [0.25, 0.3) is 0 Å². The second-order valence-electron chi connectivity index (χ2n) is 3.55. The van der Waals surface area contributed by atoms with Crippen molar-refractivity contribution in [3.05, 3.63) is 24.2 Å². The molecule has 1 aromatic rings. The minimum Gasteiger partial charge on any atom is -0.472 e. The van der Waals surface area contributed by atoms with E-state index in [1.807, 2.05) is 4.72 Å². The summed E-state index contributed by atoms with van der Waals surface area (Å²) in [5, 5.41) is 0. The van der Waals surface area contributed by atoms with Crippen LogP contribution in [0.4, 0.5) is 0 Å². The molecule has 0 saturated carbocycles. The number of carbonyl (C=O) groups excluding carboxylic acids is 1. The lowest BCUT2D eigenvalue weighted by molar-refractivity contribution is 0.0979. The molecule has 0 aliphatic carbocycles. The molecule has 1 aliphatic rings. The Morgan fingerprint density at radius 1 is 1.38 bits per heavy atom. The molecular formula is C9H12N2O4S. The lowest BCUT2D eigenvalue weighted by atomic mass is 10.3. The largest absolute Gasteiger partial charge is 0.472 e. The highest BCUT2D eigenvalue weighted by Crippen LogP contribution is 2.11. The van der Waals surface area contributed by atoms with Crippen LogP contribution in [0.3, 0.4) is 0 Å². The molecule has 1 N–H and O–H groups in total.